The van der Waals surface area contributed by atoms with Gasteiger partial charge in [-0.1, -0.05) is 54.8 Å². The zero-order valence-corrected chi connectivity index (χ0v) is 28.1. The molecule has 2 aromatic rings. The summed E-state index contributed by atoms with van der Waals surface area (Å²) in [7, 11) is -2.32. The Bertz CT molecular complexity index is 1390. The van der Waals surface area contributed by atoms with Crippen molar-refractivity contribution in [1.29, 1.82) is 0 Å². The highest BCUT2D eigenvalue weighted by Gasteiger charge is 2.40. The van der Waals surface area contributed by atoms with E-state index in [-0.39, 0.29) is 35.7 Å². The second kappa shape index (κ2) is 16.4. The molecule has 3 N–H and O–H groups in total. The minimum Gasteiger partial charge on any atom is -0.453 e. The summed E-state index contributed by atoms with van der Waals surface area (Å²) in [5, 5.41) is 10.2. The van der Waals surface area contributed by atoms with Crippen LogP contribution in [0.25, 0.3) is 0 Å². The Hall–Kier alpha value is -2.70. The molecule has 0 bridgehead atoms. The Labute approximate surface area is 278 Å². The van der Waals surface area contributed by atoms with E-state index in [0.29, 0.717) is 49.2 Å². The Kier molecular flexibility index (Phi) is 12.4. The fourth-order valence-corrected chi connectivity index (χ4v) is 9.26. The van der Waals surface area contributed by atoms with Gasteiger partial charge in [0.25, 0.3) is 0 Å². The number of sulfonamides is 1. The standard InChI is InChI=1S/C34H47ClN4O6S/c1-44-34(41)38-32(31(26-17-21-45-22-18-26)25-11-14-27(35)15-12-25)33(40)37-30-10-6-5-7-24(30)13-16-28-23-36-19-20-39(28)46(42,43)29-8-3-2-4-9-29/h2-4,8-9,11-12,14-15,24,26,28,30-32,36H,5-7,10,13,16-23H2,1H3,(H,37,40)(H,38,41)/t24-,28+,30+,31?,32+/m1/s1. The van der Waals surface area contributed by atoms with Crippen LogP contribution in [0.1, 0.15) is 62.8 Å². The third-order valence-corrected chi connectivity index (χ3v) is 12.1. The molecule has 5 rings (SSSR count). The molecule has 0 aromatic heterocycles. The first-order valence-corrected chi connectivity index (χ1v) is 18.4. The van der Waals surface area contributed by atoms with Crippen molar-refractivity contribution in [3.05, 3.63) is 65.2 Å². The number of methoxy groups -OCH3 is 1. The Morgan fingerprint density at radius 3 is 2.46 bits per heavy atom. The van der Waals surface area contributed by atoms with Gasteiger partial charge in [0.15, 0.2) is 0 Å². The number of carbonyl (C=O) groups is 2. The van der Waals surface area contributed by atoms with Crippen molar-refractivity contribution in [1.82, 2.24) is 20.3 Å². The Morgan fingerprint density at radius 1 is 1.02 bits per heavy atom. The molecular formula is C34H47ClN4O6S. The number of alkyl carbamates (subject to hydrolysis) is 1. The molecule has 2 heterocycles. The fourth-order valence-electron chi connectivity index (χ4n) is 7.46. The Balaban J connectivity index is 1.32. The summed E-state index contributed by atoms with van der Waals surface area (Å²) in [5.74, 6) is -0.230. The molecule has 10 nitrogen and oxygen atoms in total. The Morgan fingerprint density at radius 2 is 1.74 bits per heavy atom. The quantitative estimate of drug-likeness (QED) is 0.316. The van der Waals surface area contributed by atoms with Gasteiger partial charge in [0.2, 0.25) is 15.9 Å². The number of nitrogens with zero attached hydrogens (tertiary/aromatic N) is 1. The number of hydrogen-bond donors (Lipinski definition) is 3. The number of piperazine rings is 1. The molecule has 0 spiro atoms. The second-order valence-corrected chi connectivity index (χ2v) is 15.0. The van der Waals surface area contributed by atoms with Crippen LogP contribution in [0, 0.1) is 11.8 Å². The molecule has 12 heteroatoms. The van der Waals surface area contributed by atoms with Gasteiger partial charge in [0.1, 0.15) is 6.04 Å². The first-order chi connectivity index (χ1) is 22.3. The highest BCUT2D eigenvalue weighted by atomic mass is 35.5. The predicted octanol–water partition coefficient (Wildman–Crippen LogP) is 4.69. The van der Waals surface area contributed by atoms with Crippen LogP contribution in [-0.2, 0) is 24.3 Å². The van der Waals surface area contributed by atoms with Crippen LogP contribution >= 0.6 is 11.6 Å². The molecule has 46 heavy (non-hydrogen) atoms. The van der Waals surface area contributed by atoms with Crippen LogP contribution in [0.4, 0.5) is 4.79 Å². The molecule has 252 valence electrons. The molecule has 3 aliphatic rings. The van der Waals surface area contributed by atoms with Gasteiger partial charge in [0.05, 0.1) is 12.0 Å². The molecule has 5 atom stereocenters. The summed E-state index contributed by atoms with van der Waals surface area (Å²) in [4.78, 5) is 27.2. The second-order valence-electron chi connectivity index (χ2n) is 12.7. The van der Waals surface area contributed by atoms with Gasteiger partial charge in [-0.3, -0.25) is 4.79 Å². The summed E-state index contributed by atoms with van der Waals surface area (Å²) in [6.45, 7) is 2.82. The van der Waals surface area contributed by atoms with Crippen LogP contribution in [0.2, 0.25) is 5.02 Å². The topological polar surface area (TPSA) is 126 Å². The normalized spacial score (nSPS) is 24.4. The van der Waals surface area contributed by atoms with E-state index in [4.69, 9.17) is 21.1 Å². The van der Waals surface area contributed by atoms with Crippen LogP contribution in [0.5, 0.6) is 0 Å². The minimum atomic E-state index is -3.62. The summed E-state index contributed by atoms with van der Waals surface area (Å²) < 4.78 is 39.4. The van der Waals surface area contributed by atoms with Gasteiger partial charge >= 0.3 is 6.09 Å². The molecule has 1 unspecified atom stereocenters. The largest absolute Gasteiger partial charge is 0.453 e. The van der Waals surface area contributed by atoms with Crippen molar-refractivity contribution in [2.24, 2.45) is 11.8 Å². The molecular weight excluding hydrogens is 628 g/mol. The molecule has 2 saturated heterocycles. The molecule has 2 aliphatic heterocycles. The molecule has 2 aromatic carbocycles. The van der Waals surface area contributed by atoms with Gasteiger partial charge in [-0.2, -0.15) is 4.31 Å². The van der Waals surface area contributed by atoms with Crippen molar-refractivity contribution >= 4 is 33.6 Å². The van der Waals surface area contributed by atoms with E-state index >= 15 is 0 Å². The van der Waals surface area contributed by atoms with Gasteiger partial charge in [-0.25, -0.2) is 13.2 Å². The molecule has 3 fully saturated rings. The molecule has 1 saturated carbocycles. The number of nitrogens with one attached hydrogen (secondary N) is 3. The molecule has 2 amide bonds. The van der Waals surface area contributed by atoms with Crippen LogP contribution in [0.15, 0.2) is 59.5 Å². The number of ether oxygens (including phenoxy) is 2. The number of halogens is 1. The zero-order valence-electron chi connectivity index (χ0n) is 26.5. The maximum atomic E-state index is 14.2. The van der Waals surface area contributed by atoms with Crippen LogP contribution in [0.3, 0.4) is 0 Å². The lowest BCUT2D eigenvalue weighted by Gasteiger charge is -2.39. The van der Waals surface area contributed by atoms with E-state index in [2.05, 4.69) is 16.0 Å². The van der Waals surface area contributed by atoms with Crippen LogP contribution in [-0.4, -0.2) is 82.8 Å². The van der Waals surface area contributed by atoms with E-state index in [1.165, 1.54) is 7.11 Å². The van der Waals surface area contributed by atoms with Gasteiger partial charge in [-0.15, -0.1) is 0 Å². The van der Waals surface area contributed by atoms with E-state index in [1.54, 1.807) is 28.6 Å². The smallest absolute Gasteiger partial charge is 0.407 e. The monoisotopic (exact) mass is 674 g/mol. The first-order valence-electron chi connectivity index (χ1n) is 16.5. The van der Waals surface area contributed by atoms with Gasteiger partial charge in [0, 0.05) is 55.9 Å². The number of rotatable bonds is 11. The highest BCUT2D eigenvalue weighted by Crippen LogP contribution is 2.37. The maximum absolute atomic E-state index is 14.2. The summed E-state index contributed by atoms with van der Waals surface area (Å²) in [6.07, 6.45) is 6.19. The predicted molar refractivity (Wildman–Crippen MR) is 177 cm³/mol. The SMILES string of the molecule is COC(=O)N[C@H](C(=O)N[C@H]1CCCC[C@@H]1CC[C@H]1CNCCN1S(=O)(=O)c1ccccc1)C(c1ccc(Cl)cc1)C1CCOCC1. The van der Waals surface area contributed by atoms with Crippen molar-refractivity contribution in [3.63, 3.8) is 0 Å². The highest BCUT2D eigenvalue weighted by molar-refractivity contribution is 7.89. The number of hydrogen-bond acceptors (Lipinski definition) is 7. The lowest BCUT2D eigenvalue weighted by molar-refractivity contribution is -0.125. The van der Waals surface area contributed by atoms with E-state index in [1.807, 2.05) is 30.3 Å². The van der Waals surface area contributed by atoms with E-state index < -0.39 is 22.2 Å². The summed E-state index contributed by atoms with van der Waals surface area (Å²) in [6, 6.07) is 15.0. The zero-order chi connectivity index (χ0) is 32.5. The summed E-state index contributed by atoms with van der Waals surface area (Å²) >= 11 is 6.22. The fraction of sp³-hybridized carbons (Fsp3) is 0.588. The van der Waals surface area contributed by atoms with Gasteiger partial charge < -0.3 is 25.4 Å². The van der Waals surface area contributed by atoms with Crippen molar-refractivity contribution in [2.75, 3.05) is 40.0 Å². The average Bonchev–Trinajstić information content (AvgIpc) is 3.09. The van der Waals surface area contributed by atoms with E-state index in [9.17, 15) is 18.0 Å². The van der Waals surface area contributed by atoms with Gasteiger partial charge in [-0.05, 0) is 80.2 Å². The minimum absolute atomic E-state index is 0.0838. The number of carbonyl (C=O) groups excluding carboxylic acids is 2. The van der Waals surface area contributed by atoms with Crippen molar-refractivity contribution < 1.29 is 27.5 Å². The lowest BCUT2D eigenvalue weighted by atomic mass is 9.76. The summed E-state index contributed by atoms with van der Waals surface area (Å²) in [5.41, 5.74) is 0.928. The number of benzene rings is 2. The molecule has 0 radical (unpaired) electrons. The van der Waals surface area contributed by atoms with E-state index in [0.717, 1.165) is 50.5 Å². The van der Waals surface area contributed by atoms with Crippen molar-refractivity contribution in [2.45, 2.75) is 80.3 Å². The third-order valence-electron chi connectivity index (χ3n) is 9.88. The third kappa shape index (κ3) is 8.60. The maximum Gasteiger partial charge on any atom is 0.407 e. The number of amides is 2. The van der Waals surface area contributed by atoms with Crippen LogP contribution < -0.4 is 16.0 Å². The molecule has 1 aliphatic carbocycles. The first kappa shape index (κ1) is 34.6. The lowest BCUT2D eigenvalue weighted by Crippen LogP contribution is -2.56. The van der Waals surface area contributed by atoms with Crippen molar-refractivity contribution in [3.8, 4) is 0 Å². The average molecular weight is 675 g/mol.